The van der Waals surface area contributed by atoms with Crippen LogP contribution in [0.15, 0.2) is 0 Å². The zero-order valence-corrected chi connectivity index (χ0v) is 40.7. The Morgan fingerprint density at radius 2 is 0.683 bits per heavy atom. The SMILES string of the molecule is CCCCCCCCCCCCCC(=O)OCCCCCCCCCCCCCCCCCCCCCCCCCC(=O)NC(CO)C(O)CCCCCCCCCCC. The third kappa shape index (κ3) is 46.4. The number of esters is 1. The van der Waals surface area contributed by atoms with Crippen molar-refractivity contribution in [1.29, 1.82) is 0 Å². The highest BCUT2D eigenvalue weighted by Crippen LogP contribution is 2.17. The first-order chi connectivity index (χ1) is 29.5. The Kier molecular flexibility index (Phi) is 49.5. The molecule has 0 aliphatic rings. The van der Waals surface area contributed by atoms with Gasteiger partial charge in [-0.25, -0.2) is 0 Å². The van der Waals surface area contributed by atoms with E-state index in [0.29, 0.717) is 25.9 Å². The van der Waals surface area contributed by atoms with E-state index in [1.54, 1.807) is 0 Å². The molecule has 0 aliphatic carbocycles. The van der Waals surface area contributed by atoms with Gasteiger partial charge in [0.15, 0.2) is 0 Å². The number of amides is 1. The fraction of sp³-hybridized carbons (Fsp3) is 0.963. The van der Waals surface area contributed by atoms with E-state index in [-0.39, 0.29) is 18.5 Å². The molecule has 0 heterocycles. The van der Waals surface area contributed by atoms with Crippen LogP contribution >= 0.6 is 0 Å². The number of hydrogen-bond donors (Lipinski definition) is 3. The number of hydrogen-bond acceptors (Lipinski definition) is 5. The molecule has 0 radical (unpaired) electrons. The summed E-state index contributed by atoms with van der Waals surface area (Å²) in [6.07, 6.45) is 56.7. The van der Waals surface area contributed by atoms with Crippen molar-refractivity contribution in [2.75, 3.05) is 13.2 Å². The Hall–Kier alpha value is -1.14. The van der Waals surface area contributed by atoms with E-state index in [1.807, 2.05) is 0 Å². The number of carbonyl (C=O) groups excluding carboxylic acids is 2. The lowest BCUT2D eigenvalue weighted by atomic mass is 10.0. The van der Waals surface area contributed by atoms with Crippen LogP contribution in [0.5, 0.6) is 0 Å². The lowest BCUT2D eigenvalue weighted by Gasteiger charge is -2.22. The molecule has 0 rings (SSSR count). The van der Waals surface area contributed by atoms with E-state index in [4.69, 9.17) is 4.74 Å². The summed E-state index contributed by atoms with van der Waals surface area (Å²) in [6.45, 7) is 4.94. The van der Waals surface area contributed by atoms with Gasteiger partial charge < -0.3 is 20.3 Å². The zero-order valence-electron chi connectivity index (χ0n) is 40.7. The van der Waals surface area contributed by atoms with E-state index in [1.165, 1.54) is 238 Å². The number of rotatable bonds is 51. The van der Waals surface area contributed by atoms with Crippen LogP contribution in [0.2, 0.25) is 0 Å². The molecule has 0 fully saturated rings. The summed E-state index contributed by atoms with van der Waals surface area (Å²) < 4.78 is 5.46. The van der Waals surface area contributed by atoms with Gasteiger partial charge in [-0.2, -0.15) is 0 Å². The zero-order chi connectivity index (χ0) is 43.7. The summed E-state index contributed by atoms with van der Waals surface area (Å²) in [6, 6.07) is -0.537. The number of ether oxygens (including phenoxy) is 1. The molecule has 60 heavy (non-hydrogen) atoms. The van der Waals surface area contributed by atoms with Gasteiger partial charge in [0.05, 0.1) is 25.4 Å². The molecule has 0 aliphatic heterocycles. The first-order valence-electron chi connectivity index (χ1n) is 27.3. The van der Waals surface area contributed by atoms with Crippen LogP contribution in [-0.2, 0) is 14.3 Å². The number of aliphatic hydroxyl groups is 2. The fourth-order valence-electron chi connectivity index (χ4n) is 8.70. The fourth-order valence-corrected chi connectivity index (χ4v) is 8.70. The predicted octanol–water partition coefficient (Wildman–Crippen LogP) is 16.4. The maximum Gasteiger partial charge on any atom is 0.305 e. The van der Waals surface area contributed by atoms with Gasteiger partial charge in [-0.3, -0.25) is 9.59 Å². The van der Waals surface area contributed by atoms with Gasteiger partial charge in [-0.15, -0.1) is 0 Å². The summed E-state index contributed by atoms with van der Waals surface area (Å²) in [5.74, 6) is -0.0212. The summed E-state index contributed by atoms with van der Waals surface area (Å²) in [5.41, 5.74) is 0. The van der Waals surface area contributed by atoms with Crippen molar-refractivity contribution in [2.45, 2.75) is 321 Å². The van der Waals surface area contributed by atoms with Crippen molar-refractivity contribution in [3.8, 4) is 0 Å². The van der Waals surface area contributed by atoms with Crippen LogP contribution in [0, 0.1) is 0 Å². The Bertz CT molecular complexity index is 852. The first kappa shape index (κ1) is 58.9. The molecule has 0 aromatic carbocycles. The lowest BCUT2D eigenvalue weighted by Crippen LogP contribution is -2.45. The Morgan fingerprint density at radius 3 is 1.02 bits per heavy atom. The Balaban J connectivity index is 3.33. The second-order valence-corrected chi connectivity index (χ2v) is 18.9. The van der Waals surface area contributed by atoms with Crippen molar-refractivity contribution in [3.63, 3.8) is 0 Å². The maximum absolute atomic E-state index is 12.4. The molecular weight excluding hydrogens is 743 g/mol. The average Bonchev–Trinajstić information content (AvgIpc) is 3.25. The number of carbonyl (C=O) groups is 2. The third-order valence-electron chi connectivity index (χ3n) is 12.9. The molecule has 3 N–H and O–H groups in total. The van der Waals surface area contributed by atoms with Crippen LogP contribution in [0.4, 0.5) is 0 Å². The molecule has 6 nitrogen and oxygen atoms in total. The van der Waals surface area contributed by atoms with Crippen LogP contribution in [-0.4, -0.2) is 47.4 Å². The van der Waals surface area contributed by atoms with Crippen molar-refractivity contribution >= 4 is 11.9 Å². The van der Waals surface area contributed by atoms with Gasteiger partial charge in [0.1, 0.15) is 0 Å². The predicted molar refractivity (Wildman–Crippen MR) is 260 cm³/mol. The Morgan fingerprint density at radius 1 is 0.400 bits per heavy atom. The molecule has 0 aromatic rings. The van der Waals surface area contributed by atoms with Gasteiger partial charge in [-0.05, 0) is 25.7 Å². The van der Waals surface area contributed by atoms with Crippen molar-refractivity contribution in [3.05, 3.63) is 0 Å². The van der Waals surface area contributed by atoms with E-state index in [9.17, 15) is 19.8 Å². The number of nitrogens with one attached hydrogen (secondary N) is 1. The minimum absolute atomic E-state index is 0.0144. The van der Waals surface area contributed by atoms with Crippen LogP contribution < -0.4 is 5.32 Å². The van der Waals surface area contributed by atoms with E-state index >= 15 is 0 Å². The highest BCUT2D eigenvalue weighted by atomic mass is 16.5. The maximum atomic E-state index is 12.4. The van der Waals surface area contributed by atoms with Crippen molar-refractivity contribution in [1.82, 2.24) is 5.32 Å². The van der Waals surface area contributed by atoms with E-state index in [2.05, 4.69) is 19.2 Å². The highest BCUT2D eigenvalue weighted by Gasteiger charge is 2.20. The van der Waals surface area contributed by atoms with Gasteiger partial charge in [0, 0.05) is 12.8 Å². The molecule has 0 bridgehead atoms. The minimum atomic E-state index is -0.660. The third-order valence-corrected chi connectivity index (χ3v) is 12.9. The topological polar surface area (TPSA) is 95.9 Å². The molecule has 358 valence electrons. The average molecular weight is 850 g/mol. The van der Waals surface area contributed by atoms with Gasteiger partial charge in [0.25, 0.3) is 0 Å². The standard InChI is InChI=1S/C54H107NO5/c1-3-5-7-9-11-13-27-32-36-40-44-48-54(59)60-49-45-41-37-33-29-26-24-22-20-18-16-14-15-17-19-21-23-25-28-31-35-39-43-47-53(58)55-51(50-56)52(57)46-42-38-34-30-12-10-8-6-4-2/h51-52,56-57H,3-50H2,1-2H3,(H,55,58). The summed E-state index contributed by atoms with van der Waals surface area (Å²) in [5, 5.41) is 23.1. The van der Waals surface area contributed by atoms with Crippen molar-refractivity contribution < 1.29 is 24.5 Å². The van der Waals surface area contributed by atoms with E-state index in [0.717, 1.165) is 38.5 Å². The molecule has 0 spiro atoms. The summed E-state index contributed by atoms with van der Waals surface area (Å²) in [7, 11) is 0. The van der Waals surface area contributed by atoms with Crippen LogP contribution in [0.3, 0.4) is 0 Å². The van der Waals surface area contributed by atoms with Gasteiger partial charge >= 0.3 is 5.97 Å². The van der Waals surface area contributed by atoms with Gasteiger partial charge in [-0.1, -0.05) is 271 Å². The van der Waals surface area contributed by atoms with Crippen LogP contribution in [0.25, 0.3) is 0 Å². The molecule has 2 atom stereocenters. The second kappa shape index (κ2) is 50.5. The Labute approximate surface area is 375 Å². The molecule has 0 saturated carbocycles. The second-order valence-electron chi connectivity index (χ2n) is 18.9. The quantitative estimate of drug-likeness (QED) is 0.0418. The number of aliphatic hydroxyl groups excluding tert-OH is 2. The van der Waals surface area contributed by atoms with Gasteiger partial charge in [0.2, 0.25) is 5.91 Å². The monoisotopic (exact) mass is 850 g/mol. The number of unbranched alkanes of at least 4 members (excludes halogenated alkanes) is 40. The normalized spacial score (nSPS) is 12.5. The molecular formula is C54H107NO5. The lowest BCUT2D eigenvalue weighted by molar-refractivity contribution is -0.143. The first-order valence-corrected chi connectivity index (χ1v) is 27.3. The molecule has 2 unspecified atom stereocenters. The smallest absolute Gasteiger partial charge is 0.305 e. The molecule has 0 saturated heterocycles. The van der Waals surface area contributed by atoms with E-state index < -0.39 is 12.1 Å². The van der Waals surface area contributed by atoms with Crippen molar-refractivity contribution in [2.24, 2.45) is 0 Å². The summed E-state index contributed by atoms with van der Waals surface area (Å²) in [4.78, 5) is 24.4. The largest absolute Gasteiger partial charge is 0.466 e. The summed E-state index contributed by atoms with van der Waals surface area (Å²) >= 11 is 0. The van der Waals surface area contributed by atoms with Crippen LogP contribution in [0.1, 0.15) is 309 Å². The molecule has 6 heteroatoms. The molecule has 1 amide bonds. The molecule has 0 aromatic heterocycles. The highest BCUT2D eigenvalue weighted by molar-refractivity contribution is 5.76. The minimum Gasteiger partial charge on any atom is -0.466 e.